The number of nitrogens with zero attached hydrogens (tertiary/aromatic N) is 2. The zero-order valence-electron chi connectivity index (χ0n) is 10.4. The van der Waals surface area contributed by atoms with Gasteiger partial charge in [0.25, 0.3) is 0 Å². The lowest BCUT2D eigenvalue weighted by Crippen LogP contribution is -1.92. The minimum Gasteiger partial charge on any atom is -0.454 e. The highest BCUT2D eigenvalue weighted by Gasteiger charge is 2.12. The van der Waals surface area contributed by atoms with Gasteiger partial charge in [-0.1, -0.05) is 12.1 Å². The third kappa shape index (κ3) is 1.92. The maximum absolute atomic E-state index is 5.35. The van der Waals surface area contributed by atoms with Crippen molar-refractivity contribution >= 4 is 33.7 Å². The molecule has 4 nitrogen and oxygen atoms in total. The van der Waals surface area contributed by atoms with Crippen molar-refractivity contribution in [2.75, 3.05) is 6.79 Å². The molecule has 2 heterocycles. The number of ether oxygens (including phenoxy) is 2. The van der Waals surface area contributed by atoms with E-state index in [4.69, 9.17) is 9.47 Å². The van der Waals surface area contributed by atoms with Crippen LogP contribution in [-0.4, -0.2) is 17.4 Å². The van der Waals surface area contributed by atoms with Crippen molar-refractivity contribution in [3.8, 4) is 11.5 Å². The van der Waals surface area contributed by atoms with Gasteiger partial charge >= 0.3 is 0 Å². The molecular weight excluding hydrogens is 272 g/mol. The van der Waals surface area contributed by atoms with Crippen LogP contribution in [0.5, 0.6) is 11.5 Å². The second-order valence-corrected chi connectivity index (χ2v) is 5.13. The molecule has 3 aromatic rings. The lowest BCUT2D eigenvalue weighted by Gasteiger charge is -1.96. The Morgan fingerprint density at radius 1 is 1.10 bits per heavy atom. The molecule has 5 heteroatoms. The summed E-state index contributed by atoms with van der Waals surface area (Å²) >= 11 is 1.40. The van der Waals surface area contributed by atoms with Gasteiger partial charge in [-0.25, -0.2) is 4.99 Å². The summed E-state index contributed by atoms with van der Waals surface area (Å²) in [6.07, 6.45) is 1.82. The van der Waals surface area contributed by atoms with Gasteiger partial charge in [-0.05, 0) is 47.4 Å². The number of aromatic nitrogens is 1. The average Bonchev–Trinajstić information content (AvgIpc) is 3.11. The molecule has 20 heavy (non-hydrogen) atoms. The molecule has 0 amide bonds. The van der Waals surface area contributed by atoms with Crippen LogP contribution >= 0.6 is 11.5 Å². The molecule has 2 aromatic carbocycles. The first-order valence-electron chi connectivity index (χ1n) is 6.18. The first kappa shape index (κ1) is 11.4. The van der Waals surface area contributed by atoms with Crippen LogP contribution in [0.4, 0.5) is 5.00 Å². The normalized spacial score (nSPS) is 13.4. The summed E-state index contributed by atoms with van der Waals surface area (Å²) < 4.78 is 15.0. The Labute approximate surface area is 119 Å². The number of benzene rings is 2. The van der Waals surface area contributed by atoms with E-state index < -0.39 is 0 Å². The van der Waals surface area contributed by atoms with Gasteiger partial charge in [0, 0.05) is 11.6 Å². The maximum Gasteiger partial charge on any atom is 0.231 e. The molecule has 0 unspecified atom stereocenters. The van der Waals surface area contributed by atoms with Crippen LogP contribution in [0.2, 0.25) is 0 Å². The molecule has 0 fully saturated rings. The van der Waals surface area contributed by atoms with Gasteiger partial charge in [0.05, 0.1) is 5.52 Å². The topological polar surface area (TPSA) is 43.7 Å². The third-order valence-corrected chi connectivity index (χ3v) is 3.88. The van der Waals surface area contributed by atoms with Gasteiger partial charge in [0.15, 0.2) is 11.5 Å². The fraction of sp³-hybridized carbons (Fsp3) is 0.0667. The van der Waals surface area contributed by atoms with Crippen molar-refractivity contribution in [1.29, 1.82) is 0 Å². The molecule has 0 N–H and O–H groups in total. The minimum absolute atomic E-state index is 0.287. The Bertz CT molecular complexity index is 810. The molecule has 0 atom stereocenters. The second-order valence-electron chi connectivity index (χ2n) is 4.38. The van der Waals surface area contributed by atoms with Gasteiger partial charge in [0.1, 0.15) is 5.00 Å². The van der Waals surface area contributed by atoms with Gasteiger partial charge in [-0.3, -0.25) is 0 Å². The quantitative estimate of drug-likeness (QED) is 0.672. The lowest BCUT2D eigenvalue weighted by molar-refractivity contribution is 0.174. The van der Waals surface area contributed by atoms with Gasteiger partial charge in [0.2, 0.25) is 6.79 Å². The number of hydrogen-bond acceptors (Lipinski definition) is 5. The van der Waals surface area contributed by atoms with Crippen molar-refractivity contribution in [2.24, 2.45) is 4.99 Å². The Morgan fingerprint density at radius 3 is 3.00 bits per heavy atom. The number of fused-ring (bicyclic) bond motifs is 2. The molecule has 98 valence electrons. The summed E-state index contributed by atoms with van der Waals surface area (Å²) in [6, 6.07) is 13.8. The Balaban J connectivity index is 1.68. The Hall–Kier alpha value is -2.40. The highest BCUT2D eigenvalue weighted by Crippen LogP contribution is 2.33. The third-order valence-electron chi connectivity index (χ3n) is 3.09. The van der Waals surface area contributed by atoms with E-state index >= 15 is 0 Å². The fourth-order valence-electron chi connectivity index (χ4n) is 2.10. The number of aliphatic imine (C=N–C) groups is 1. The molecule has 0 saturated carbocycles. The van der Waals surface area contributed by atoms with Crippen LogP contribution < -0.4 is 9.47 Å². The van der Waals surface area contributed by atoms with Crippen LogP contribution in [0, 0.1) is 0 Å². The highest BCUT2D eigenvalue weighted by molar-refractivity contribution is 7.11. The van der Waals surface area contributed by atoms with E-state index in [-0.39, 0.29) is 6.79 Å². The van der Waals surface area contributed by atoms with Gasteiger partial charge in [-0.2, -0.15) is 4.37 Å². The summed E-state index contributed by atoms with van der Waals surface area (Å²) in [5.41, 5.74) is 1.96. The molecule has 0 spiro atoms. The van der Waals surface area contributed by atoms with Gasteiger partial charge in [-0.15, -0.1) is 0 Å². The van der Waals surface area contributed by atoms with Crippen molar-refractivity contribution in [1.82, 2.24) is 4.37 Å². The Morgan fingerprint density at radius 2 is 2.00 bits per heavy atom. The van der Waals surface area contributed by atoms with E-state index in [0.717, 1.165) is 33.0 Å². The summed E-state index contributed by atoms with van der Waals surface area (Å²) in [6.45, 7) is 0.287. The largest absolute Gasteiger partial charge is 0.454 e. The first-order valence-corrected chi connectivity index (χ1v) is 6.96. The van der Waals surface area contributed by atoms with E-state index in [1.807, 2.05) is 48.7 Å². The fourth-order valence-corrected chi connectivity index (χ4v) is 2.81. The van der Waals surface area contributed by atoms with E-state index in [0.29, 0.717) is 0 Å². The monoisotopic (exact) mass is 282 g/mol. The van der Waals surface area contributed by atoms with Crippen molar-refractivity contribution < 1.29 is 9.47 Å². The zero-order valence-corrected chi connectivity index (χ0v) is 11.3. The average molecular weight is 282 g/mol. The second kappa shape index (κ2) is 4.61. The van der Waals surface area contributed by atoms with Crippen molar-refractivity contribution in [3.05, 3.63) is 48.0 Å². The first-order chi connectivity index (χ1) is 9.90. The maximum atomic E-state index is 5.35. The number of rotatable bonds is 2. The number of hydrogen-bond donors (Lipinski definition) is 0. The van der Waals surface area contributed by atoms with Crippen LogP contribution in [0.3, 0.4) is 0 Å². The highest BCUT2D eigenvalue weighted by atomic mass is 32.1. The van der Waals surface area contributed by atoms with Gasteiger partial charge < -0.3 is 9.47 Å². The zero-order chi connectivity index (χ0) is 13.4. The molecule has 4 rings (SSSR count). The van der Waals surface area contributed by atoms with Crippen LogP contribution in [0.25, 0.3) is 10.9 Å². The predicted molar refractivity (Wildman–Crippen MR) is 79.4 cm³/mol. The van der Waals surface area contributed by atoms with E-state index in [1.165, 1.54) is 11.5 Å². The van der Waals surface area contributed by atoms with Crippen LogP contribution in [0.1, 0.15) is 5.56 Å². The summed E-state index contributed by atoms with van der Waals surface area (Å²) in [5.74, 6) is 1.55. The Kier molecular flexibility index (Phi) is 2.63. The molecule has 0 aliphatic carbocycles. The molecule has 1 aliphatic heterocycles. The molecule has 1 aromatic heterocycles. The molecule has 0 saturated heterocycles. The summed E-state index contributed by atoms with van der Waals surface area (Å²) in [7, 11) is 0. The SMILES string of the molecule is C(=N\c1snc2ccccc12)/c1ccc2c(c1)OCO2. The smallest absolute Gasteiger partial charge is 0.231 e. The van der Waals surface area contributed by atoms with Crippen LogP contribution in [0.15, 0.2) is 47.5 Å². The summed E-state index contributed by atoms with van der Waals surface area (Å²) in [5, 5.41) is 1.99. The molecule has 0 radical (unpaired) electrons. The molecule has 0 bridgehead atoms. The summed E-state index contributed by atoms with van der Waals surface area (Å²) in [4.78, 5) is 4.52. The van der Waals surface area contributed by atoms with Crippen molar-refractivity contribution in [3.63, 3.8) is 0 Å². The lowest BCUT2D eigenvalue weighted by atomic mass is 10.2. The standard InChI is InChI=1S/C15H10N2O2S/c1-2-4-12-11(3-1)15(20-17-12)16-8-10-5-6-13-14(7-10)19-9-18-13/h1-8H,9H2/b16-8+. The predicted octanol–water partition coefficient (Wildman–Crippen LogP) is 3.78. The minimum atomic E-state index is 0.287. The van der Waals surface area contributed by atoms with E-state index in [9.17, 15) is 0 Å². The van der Waals surface area contributed by atoms with Crippen molar-refractivity contribution in [2.45, 2.75) is 0 Å². The molecular formula is C15H10N2O2S. The van der Waals surface area contributed by atoms with Crippen LogP contribution in [-0.2, 0) is 0 Å². The molecule has 1 aliphatic rings. The van der Waals surface area contributed by atoms with E-state index in [1.54, 1.807) is 0 Å². The van der Waals surface area contributed by atoms with E-state index in [2.05, 4.69) is 9.37 Å².